The molecule has 1 aliphatic heterocycles. The van der Waals surface area contributed by atoms with Gasteiger partial charge in [-0.25, -0.2) is 9.97 Å². The zero-order valence-electron chi connectivity index (χ0n) is 10.5. The fourth-order valence-corrected chi connectivity index (χ4v) is 3.74. The predicted octanol–water partition coefficient (Wildman–Crippen LogP) is 2.72. The normalized spacial score (nSPS) is 18.8. The fraction of sp³-hybridized carbons (Fsp3) is 0.250. The van der Waals surface area contributed by atoms with Gasteiger partial charge in [0.25, 0.3) is 0 Å². The second-order valence-corrected chi connectivity index (χ2v) is 6.71. The van der Waals surface area contributed by atoms with Crippen molar-refractivity contribution in [1.82, 2.24) is 15.3 Å². The molecule has 104 valence electrons. The summed E-state index contributed by atoms with van der Waals surface area (Å²) in [7, 11) is 0. The van der Waals surface area contributed by atoms with Crippen LogP contribution in [0.15, 0.2) is 15.7 Å². The van der Waals surface area contributed by atoms with E-state index < -0.39 is 0 Å². The largest absolute Gasteiger partial charge is 0.374 e. The molecule has 0 amide bonds. The first kappa shape index (κ1) is 13.9. The lowest BCUT2D eigenvalue weighted by atomic mass is 10.2. The number of aryl methyl sites for hydroxylation is 1. The molecule has 0 bridgehead atoms. The molecule has 0 saturated carbocycles. The number of fused-ring (bicyclic) bond motifs is 1. The fourth-order valence-electron chi connectivity index (χ4n) is 1.91. The van der Waals surface area contributed by atoms with Gasteiger partial charge in [0.15, 0.2) is 0 Å². The molecule has 1 aliphatic rings. The van der Waals surface area contributed by atoms with Crippen LogP contribution >= 0.6 is 38.9 Å². The summed E-state index contributed by atoms with van der Waals surface area (Å²) < 4.78 is 1.94. The van der Waals surface area contributed by atoms with Crippen molar-refractivity contribution in [2.45, 2.75) is 13.1 Å². The minimum Gasteiger partial charge on any atom is -0.374 e. The predicted molar refractivity (Wildman–Crippen MR) is 87.3 cm³/mol. The third kappa shape index (κ3) is 2.46. The van der Waals surface area contributed by atoms with Crippen molar-refractivity contribution in [3.05, 3.63) is 26.5 Å². The minimum absolute atomic E-state index is 0.187. The maximum Gasteiger partial charge on any atom is 0.223 e. The van der Waals surface area contributed by atoms with Crippen LogP contribution in [0.5, 0.6) is 0 Å². The van der Waals surface area contributed by atoms with Crippen molar-refractivity contribution in [1.29, 1.82) is 0 Å². The smallest absolute Gasteiger partial charge is 0.223 e. The van der Waals surface area contributed by atoms with E-state index in [0.29, 0.717) is 6.54 Å². The number of nitrogens with two attached hydrogens (primary N) is 1. The molecular weight excluding hydrogens is 362 g/mol. The Bertz CT molecular complexity index is 739. The number of rotatable bonds is 1. The first-order valence-corrected chi connectivity index (χ1v) is 7.89. The molecule has 0 saturated heterocycles. The Morgan fingerprint density at radius 1 is 1.50 bits per heavy atom. The van der Waals surface area contributed by atoms with Crippen molar-refractivity contribution in [3.8, 4) is 0 Å². The lowest BCUT2D eigenvalue weighted by Gasteiger charge is -2.06. The van der Waals surface area contributed by atoms with Gasteiger partial charge in [-0.2, -0.15) is 0 Å². The maximum atomic E-state index is 6.04. The van der Waals surface area contributed by atoms with Gasteiger partial charge in [-0.1, -0.05) is 0 Å². The van der Waals surface area contributed by atoms with Gasteiger partial charge in [-0.3, -0.25) is 4.99 Å². The highest BCUT2D eigenvalue weighted by molar-refractivity contribution is 9.10. The molecule has 8 heteroatoms. The van der Waals surface area contributed by atoms with Gasteiger partial charge in [-0.05, 0) is 34.5 Å². The zero-order valence-corrected chi connectivity index (χ0v) is 13.7. The molecule has 2 aromatic heterocycles. The zero-order chi connectivity index (χ0) is 14.3. The molecular formula is C12H11BrClN5S. The van der Waals surface area contributed by atoms with Gasteiger partial charge in [0.2, 0.25) is 5.28 Å². The van der Waals surface area contributed by atoms with Gasteiger partial charge < -0.3 is 11.1 Å². The van der Waals surface area contributed by atoms with Crippen molar-refractivity contribution in [2.24, 2.45) is 10.7 Å². The Morgan fingerprint density at radius 3 is 3.10 bits per heavy atom. The molecule has 0 radical (unpaired) electrons. The Labute approximate surface area is 133 Å². The summed E-state index contributed by atoms with van der Waals surface area (Å²) in [4.78, 5) is 14.1. The van der Waals surface area contributed by atoms with Gasteiger partial charge in [-0.15, -0.1) is 11.3 Å². The molecule has 2 aromatic rings. The van der Waals surface area contributed by atoms with Crippen molar-refractivity contribution in [3.63, 3.8) is 0 Å². The average Bonchev–Trinajstić information content (AvgIpc) is 2.60. The molecule has 0 aliphatic carbocycles. The van der Waals surface area contributed by atoms with Gasteiger partial charge in [0.05, 0.1) is 27.6 Å². The Kier molecular flexibility index (Phi) is 3.76. The number of allylic oxidation sites excluding steroid dienone is 1. The van der Waals surface area contributed by atoms with Crippen LogP contribution < -0.4 is 11.1 Å². The van der Waals surface area contributed by atoms with E-state index in [1.165, 1.54) is 0 Å². The Hall–Kier alpha value is -1.02. The molecule has 5 nitrogen and oxygen atoms in total. The molecule has 1 atom stereocenters. The van der Waals surface area contributed by atoms with E-state index in [4.69, 9.17) is 17.3 Å². The van der Waals surface area contributed by atoms with Crippen LogP contribution in [-0.4, -0.2) is 28.9 Å². The summed E-state index contributed by atoms with van der Waals surface area (Å²) in [6.07, 6.45) is 3.40. The van der Waals surface area contributed by atoms with E-state index in [1.54, 1.807) is 17.6 Å². The van der Waals surface area contributed by atoms with Crippen molar-refractivity contribution < 1.29 is 0 Å². The summed E-state index contributed by atoms with van der Waals surface area (Å²) in [6, 6.07) is 0. The van der Waals surface area contributed by atoms with Crippen molar-refractivity contribution >= 4 is 60.9 Å². The van der Waals surface area contributed by atoms with E-state index in [1.807, 2.05) is 13.1 Å². The maximum absolute atomic E-state index is 6.04. The van der Waals surface area contributed by atoms with Gasteiger partial charge in [0, 0.05) is 22.9 Å². The van der Waals surface area contributed by atoms with E-state index in [0.717, 1.165) is 30.8 Å². The number of nitrogens with zero attached hydrogens (tertiary/aromatic N) is 3. The highest BCUT2D eigenvalue weighted by Crippen LogP contribution is 2.37. The van der Waals surface area contributed by atoms with E-state index in [-0.39, 0.29) is 11.4 Å². The van der Waals surface area contributed by atoms with E-state index >= 15 is 0 Å². The van der Waals surface area contributed by atoms with E-state index in [2.05, 4.69) is 36.2 Å². The number of halogens is 2. The van der Waals surface area contributed by atoms with Crippen LogP contribution in [0.4, 0.5) is 0 Å². The second kappa shape index (κ2) is 5.40. The molecule has 1 unspecified atom stereocenters. The van der Waals surface area contributed by atoms with E-state index in [9.17, 15) is 0 Å². The lowest BCUT2D eigenvalue weighted by Crippen LogP contribution is -2.35. The van der Waals surface area contributed by atoms with Crippen molar-refractivity contribution in [2.75, 3.05) is 6.54 Å². The number of nitrogens with one attached hydrogen (secondary N) is 1. The molecule has 3 N–H and O–H groups in total. The summed E-state index contributed by atoms with van der Waals surface area (Å²) in [5.74, 6) is 0. The lowest BCUT2D eigenvalue weighted by molar-refractivity contribution is 0.628. The first-order valence-electron chi connectivity index (χ1n) is 5.90. The monoisotopic (exact) mass is 371 g/mol. The number of thiophene rings is 1. The van der Waals surface area contributed by atoms with Crippen LogP contribution in [-0.2, 0) is 0 Å². The summed E-state index contributed by atoms with van der Waals surface area (Å²) in [6.45, 7) is 2.55. The summed E-state index contributed by atoms with van der Waals surface area (Å²) in [5.41, 5.74) is 8.25. The molecule has 0 aromatic carbocycles. The van der Waals surface area contributed by atoms with Crippen LogP contribution in [0, 0.1) is 6.92 Å². The van der Waals surface area contributed by atoms with Crippen LogP contribution in [0.25, 0.3) is 15.8 Å². The summed E-state index contributed by atoms with van der Waals surface area (Å²) >= 11 is 11.2. The third-order valence-corrected chi connectivity index (χ3v) is 5.37. The van der Waals surface area contributed by atoms with Crippen LogP contribution in [0.3, 0.4) is 0 Å². The standard InChI is InChI=1S/C12H11BrClN5S/c1-5-8(13)10-11(20-5)9(18-12(14)19-10)6-2-16-4-7(15)17-3-6/h2-3,7,17H,4,15H2,1H3. The van der Waals surface area contributed by atoms with Crippen LogP contribution in [0.2, 0.25) is 5.28 Å². The molecule has 3 rings (SSSR count). The number of aromatic nitrogens is 2. The topological polar surface area (TPSA) is 76.2 Å². The minimum atomic E-state index is -0.187. The Morgan fingerprint density at radius 2 is 2.30 bits per heavy atom. The number of aliphatic imine (C=N–C) groups is 1. The van der Waals surface area contributed by atoms with Gasteiger partial charge >= 0.3 is 0 Å². The quantitative estimate of drug-likeness (QED) is 0.755. The van der Waals surface area contributed by atoms with Gasteiger partial charge in [0.1, 0.15) is 5.52 Å². The first-order chi connectivity index (χ1) is 9.56. The number of hydrogen-bond donors (Lipinski definition) is 2. The highest BCUT2D eigenvalue weighted by atomic mass is 79.9. The SMILES string of the molecule is Cc1sc2c(C3=CNC(N)CN=C3)nc(Cl)nc2c1Br. The summed E-state index contributed by atoms with van der Waals surface area (Å²) in [5, 5.41) is 3.30. The Balaban J connectivity index is 2.23. The second-order valence-electron chi connectivity index (χ2n) is 4.36. The molecule has 0 spiro atoms. The molecule has 0 fully saturated rings. The third-order valence-electron chi connectivity index (χ3n) is 2.87. The number of hydrogen-bond acceptors (Lipinski definition) is 6. The average molecular weight is 373 g/mol. The molecule has 20 heavy (non-hydrogen) atoms. The highest BCUT2D eigenvalue weighted by Gasteiger charge is 2.17. The van der Waals surface area contributed by atoms with Crippen LogP contribution in [0.1, 0.15) is 10.6 Å². The molecule has 3 heterocycles.